The SMILES string of the molecule is CC1CCCC1(C#N)Cc1cscn1. The van der Waals surface area contributed by atoms with Gasteiger partial charge in [-0.05, 0) is 18.8 Å². The van der Waals surface area contributed by atoms with Crippen molar-refractivity contribution >= 4 is 11.3 Å². The van der Waals surface area contributed by atoms with Crippen LogP contribution in [0.5, 0.6) is 0 Å². The number of hydrogen-bond donors (Lipinski definition) is 0. The summed E-state index contributed by atoms with van der Waals surface area (Å²) in [5.74, 6) is 0.522. The largest absolute Gasteiger partial charge is 0.250 e. The minimum atomic E-state index is -0.131. The van der Waals surface area contributed by atoms with E-state index in [4.69, 9.17) is 0 Å². The maximum Gasteiger partial charge on any atom is 0.0794 e. The fourth-order valence-electron chi connectivity index (χ4n) is 2.36. The first-order valence-corrected chi connectivity index (χ1v) is 5.99. The third kappa shape index (κ3) is 1.55. The lowest BCUT2D eigenvalue weighted by Gasteiger charge is -2.24. The van der Waals surface area contributed by atoms with Crippen molar-refractivity contribution in [3.8, 4) is 6.07 Å². The third-order valence-corrected chi connectivity index (χ3v) is 4.04. The van der Waals surface area contributed by atoms with Crippen molar-refractivity contribution in [3.63, 3.8) is 0 Å². The highest BCUT2D eigenvalue weighted by atomic mass is 32.1. The van der Waals surface area contributed by atoms with Gasteiger partial charge >= 0.3 is 0 Å². The van der Waals surface area contributed by atoms with Crippen molar-refractivity contribution in [1.29, 1.82) is 5.26 Å². The molecule has 14 heavy (non-hydrogen) atoms. The third-order valence-electron chi connectivity index (χ3n) is 3.41. The molecule has 0 bridgehead atoms. The van der Waals surface area contributed by atoms with Crippen molar-refractivity contribution in [2.24, 2.45) is 11.3 Å². The van der Waals surface area contributed by atoms with Crippen LogP contribution in [0, 0.1) is 22.7 Å². The Balaban J connectivity index is 2.18. The maximum absolute atomic E-state index is 9.31. The van der Waals surface area contributed by atoms with Crippen molar-refractivity contribution < 1.29 is 0 Å². The van der Waals surface area contributed by atoms with E-state index in [1.165, 1.54) is 12.8 Å². The fourth-order valence-corrected chi connectivity index (χ4v) is 2.92. The monoisotopic (exact) mass is 206 g/mol. The van der Waals surface area contributed by atoms with Crippen molar-refractivity contribution in [2.45, 2.75) is 32.6 Å². The van der Waals surface area contributed by atoms with E-state index in [0.29, 0.717) is 5.92 Å². The van der Waals surface area contributed by atoms with Crippen LogP contribution < -0.4 is 0 Å². The van der Waals surface area contributed by atoms with Crippen LogP contribution in [0.4, 0.5) is 0 Å². The number of nitrogens with zero attached hydrogens (tertiary/aromatic N) is 2. The van der Waals surface area contributed by atoms with Gasteiger partial charge in [-0.25, -0.2) is 4.98 Å². The summed E-state index contributed by atoms with van der Waals surface area (Å²) in [6.45, 7) is 2.20. The summed E-state index contributed by atoms with van der Waals surface area (Å²) < 4.78 is 0. The molecular formula is C11H14N2S. The normalized spacial score (nSPS) is 31.6. The van der Waals surface area contributed by atoms with Crippen molar-refractivity contribution in [1.82, 2.24) is 4.98 Å². The minimum absolute atomic E-state index is 0.131. The van der Waals surface area contributed by atoms with Gasteiger partial charge in [0.25, 0.3) is 0 Å². The van der Waals surface area contributed by atoms with Gasteiger partial charge in [0, 0.05) is 11.8 Å². The predicted molar refractivity (Wildman–Crippen MR) is 56.9 cm³/mol. The zero-order valence-corrected chi connectivity index (χ0v) is 9.18. The van der Waals surface area contributed by atoms with Crippen LogP contribution in [0.2, 0.25) is 0 Å². The second kappa shape index (κ2) is 3.70. The summed E-state index contributed by atoms with van der Waals surface area (Å²) in [5, 5.41) is 11.4. The molecule has 1 aromatic rings. The second-order valence-electron chi connectivity index (χ2n) is 4.22. The Hall–Kier alpha value is -0.880. The Bertz CT molecular complexity index is 339. The fraction of sp³-hybridized carbons (Fsp3) is 0.636. The molecular weight excluding hydrogens is 192 g/mol. The van der Waals surface area contributed by atoms with E-state index in [1.54, 1.807) is 11.3 Å². The highest BCUT2D eigenvalue weighted by molar-refractivity contribution is 7.07. The van der Waals surface area contributed by atoms with Crippen LogP contribution in [0.1, 0.15) is 31.9 Å². The van der Waals surface area contributed by atoms with Crippen LogP contribution in [-0.2, 0) is 6.42 Å². The average Bonchev–Trinajstić information content (AvgIpc) is 2.79. The van der Waals surface area contributed by atoms with Crippen LogP contribution in [0.15, 0.2) is 10.9 Å². The molecule has 2 unspecified atom stereocenters. The molecule has 3 heteroatoms. The van der Waals surface area contributed by atoms with Gasteiger partial charge in [-0.3, -0.25) is 0 Å². The minimum Gasteiger partial charge on any atom is -0.250 e. The first-order valence-electron chi connectivity index (χ1n) is 5.05. The van der Waals surface area contributed by atoms with E-state index in [2.05, 4.69) is 23.4 Å². The summed E-state index contributed by atoms with van der Waals surface area (Å²) in [4.78, 5) is 4.27. The molecule has 1 aromatic heterocycles. The van der Waals surface area contributed by atoms with Gasteiger partial charge < -0.3 is 0 Å². The van der Waals surface area contributed by atoms with Crippen molar-refractivity contribution in [3.05, 3.63) is 16.6 Å². The van der Waals surface area contributed by atoms with Crippen LogP contribution in [-0.4, -0.2) is 4.98 Å². The van der Waals surface area contributed by atoms with Crippen LogP contribution in [0.25, 0.3) is 0 Å². The number of hydrogen-bond acceptors (Lipinski definition) is 3. The molecule has 1 aliphatic rings. The molecule has 74 valence electrons. The summed E-state index contributed by atoms with van der Waals surface area (Å²) in [6, 6.07) is 2.53. The average molecular weight is 206 g/mol. The molecule has 1 heterocycles. The Labute approximate surface area is 88.6 Å². The highest BCUT2D eigenvalue weighted by Crippen LogP contribution is 2.44. The Morgan fingerprint density at radius 2 is 2.64 bits per heavy atom. The van der Waals surface area contributed by atoms with E-state index in [0.717, 1.165) is 18.5 Å². The van der Waals surface area contributed by atoms with Gasteiger partial charge in [0.05, 0.1) is 22.7 Å². The Kier molecular flexibility index (Phi) is 2.56. The molecule has 2 rings (SSSR count). The molecule has 2 nitrogen and oxygen atoms in total. The van der Waals surface area contributed by atoms with Crippen molar-refractivity contribution in [2.75, 3.05) is 0 Å². The van der Waals surface area contributed by atoms with Crippen LogP contribution >= 0.6 is 11.3 Å². The molecule has 2 atom stereocenters. The smallest absolute Gasteiger partial charge is 0.0794 e. The van der Waals surface area contributed by atoms with Gasteiger partial charge in [0.1, 0.15) is 0 Å². The van der Waals surface area contributed by atoms with E-state index in [9.17, 15) is 5.26 Å². The second-order valence-corrected chi connectivity index (χ2v) is 4.94. The van der Waals surface area contributed by atoms with Gasteiger partial charge in [0.2, 0.25) is 0 Å². The predicted octanol–water partition coefficient (Wildman–Crippen LogP) is 3.02. The number of thiazole rings is 1. The summed E-state index contributed by atoms with van der Waals surface area (Å²) >= 11 is 1.61. The molecule has 0 amide bonds. The molecule has 0 saturated heterocycles. The summed E-state index contributed by atoms with van der Waals surface area (Å²) in [6.07, 6.45) is 4.27. The molecule has 1 aliphatic carbocycles. The Morgan fingerprint density at radius 3 is 3.14 bits per heavy atom. The topological polar surface area (TPSA) is 36.7 Å². The first kappa shape index (κ1) is 9.67. The maximum atomic E-state index is 9.31. The molecule has 0 radical (unpaired) electrons. The summed E-state index contributed by atoms with van der Waals surface area (Å²) in [5.41, 5.74) is 2.80. The highest BCUT2D eigenvalue weighted by Gasteiger charge is 2.40. The van der Waals surface area contributed by atoms with E-state index < -0.39 is 0 Å². The quantitative estimate of drug-likeness (QED) is 0.745. The number of aromatic nitrogens is 1. The Morgan fingerprint density at radius 1 is 1.79 bits per heavy atom. The lowest BCUT2D eigenvalue weighted by atomic mass is 9.76. The van der Waals surface area contributed by atoms with E-state index >= 15 is 0 Å². The van der Waals surface area contributed by atoms with Gasteiger partial charge in [-0.15, -0.1) is 11.3 Å². The molecule has 0 aliphatic heterocycles. The lowest BCUT2D eigenvalue weighted by molar-refractivity contribution is 0.303. The number of rotatable bonds is 2. The van der Waals surface area contributed by atoms with E-state index in [1.807, 2.05) is 5.51 Å². The van der Waals surface area contributed by atoms with Crippen LogP contribution in [0.3, 0.4) is 0 Å². The number of nitriles is 1. The van der Waals surface area contributed by atoms with E-state index in [-0.39, 0.29) is 5.41 Å². The first-order chi connectivity index (χ1) is 6.77. The molecule has 1 saturated carbocycles. The van der Waals surface area contributed by atoms with Gasteiger partial charge in [0.15, 0.2) is 0 Å². The molecule has 0 spiro atoms. The zero-order valence-electron chi connectivity index (χ0n) is 8.36. The standard InChI is InChI=1S/C11H14N2S/c1-9-3-2-4-11(9,7-12)5-10-6-14-8-13-10/h6,8-9H,2-5H2,1H3. The molecule has 0 aromatic carbocycles. The van der Waals surface area contributed by atoms with Gasteiger partial charge in [-0.1, -0.05) is 13.3 Å². The zero-order chi connectivity index (χ0) is 10.0. The van der Waals surface area contributed by atoms with Gasteiger partial charge in [-0.2, -0.15) is 5.26 Å². The molecule has 1 fully saturated rings. The summed E-state index contributed by atoms with van der Waals surface area (Å²) in [7, 11) is 0. The molecule has 0 N–H and O–H groups in total. The lowest BCUT2D eigenvalue weighted by Crippen LogP contribution is -2.24.